The van der Waals surface area contributed by atoms with E-state index in [-0.39, 0.29) is 6.79 Å². The van der Waals surface area contributed by atoms with Crippen LogP contribution in [-0.2, 0) is 6.54 Å². The molecular weight excluding hydrogens is 252 g/mol. The van der Waals surface area contributed by atoms with E-state index in [1.807, 2.05) is 43.3 Å². The Labute approximate surface area is 117 Å². The number of nitrogens with zero attached hydrogens (tertiary/aromatic N) is 1. The Morgan fingerprint density at radius 2 is 2.00 bits per heavy atom. The second-order valence-corrected chi connectivity index (χ2v) is 4.70. The molecule has 1 N–H and O–H groups in total. The molecule has 100 valence electrons. The summed E-state index contributed by atoms with van der Waals surface area (Å²) in [6, 6.07) is 13.8. The summed E-state index contributed by atoms with van der Waals surface area (Å²) in [5.74, 6) is 1.55. The van der Waals surface area contributed by atoms with Crippen LogP contribution in [0.4, 0.5) is 5.69 Å². The van der Waals surface area contributed by atoms with Crippen molar-refractivity contribution in [3.05, 3.63) is 53.1 Å². The predicted octanol–water partition coefficient (Wildman–Crippen LogP) is 3.21. The molecule has 1 aliphatic heterocycles. The molecule has 2 aromatic carbocycles. The molecule has 0 saturated carbocycles. The zero-order valence-corrected chi connectivity index (χ0v) is 11.1. The monoisotopic (exact) mass is 266 g/mol. The summed E-state index contributed by atoms with van der Waals surface area (Å²) < 4.78 is 10.6. The second-order valence-electron chi connectivity index (χ2n) is 4.70. The summed E-state index contributed by atoms with van der Waals surface area (Å²) in [4.78, 5) is 0. The van der Waals surface area contributed by atoms with E-state index in [1.165, 1.54) is 0 Å². The topological polar surface area (TPSA) is 54.3 Å². The fraction of sp³-hybridized carbons (Fsp3) is 0.188. The lowest BCUT2D eigenvalue weighted by Crippen LogP contribution is -2.01. The van der Waals surface area contributed by atoms with Crippen molar-refractivity contribution in [1.29, 1.82) is 5.26 Å². The average Bonchev–Trinajstić information content (AvgIpc) is 2.93. The maximum absolute atomic E-state index is 9.14. The molecule has 0 bridgehead atoms. The SMILES string of the molecule is Cc1ccc(NCc2ccc3c(c2)OCO3)c(C#N)c1. The molecule has 0 radical (unpaired) electrons. The molecule has 2 aromatic rings. The highest BCUT2D eigenvalue weighted by Crippen LogP contribution is 2.32. The first-order valence-corrected chi connectivity index (χ1v) is 6.39. The predicted molar refractivity (Wildman–Crippen MR) is 75.8 cm³/mol. The Kier molecular flexibility index (Phi) is 3.18. The van der Waals surface area contributed by atoms with Crippen molar-refractivity contribution >= 4 is 5.69 Å². The van der Waals surface area contributed by atoms with E-state index in [0.29, 0.717) is 12.1 Å². The molecule has 1 aliphatic rings. The van der Waals surface area contributed by atoms with Gasteiger partial charge in [-0.2, -0.15) is 5.26 Å². The first-order valence-electron chi connectivity index (χ1n) is 6.39. The van der Waals surface area contributed by atoms with Crippen LogP contribution < -0.4 is 14.8 Å². The Balaban J connectivity index is 1.75. The van der Waals surface area contributed by atoms with E-state index >= 15 is 0 Å². The lowest BCUT2D eigenvalue weighted by molar-refractivity contribution is 0.174. The average molecular weight is 266 g/mol. The lowest BCUT2D eigenvalue weighted by atomic mass is 10.1. The van der Waals surface area contributed by atoms with Gasteiger partial charge in [-0.25, -0.2) is 0 Å². The number of aryl methyl sites for hydroxylation is 1. The molecule has 0 fully saturated rings. The number of rotatable bonds is 3. The molecule has 0 atom stereocenters. The van der Waals surface area contributed by atoms with Crippen LogP contribution in [0.2, 0.25) is 0 Å². The number of hydrogen-bond acceptors (Lipinski definition) is 4. The molecule has 0 amide bonds. The van der Waals surface area contributed by atoms with Gasteiger partial charge in [0.05, 0.1) is 11.3 Å². The Bertz CT molecular complexity index is 689. The minimum atomic E-state index is 0.281. The summed E-state index contributed by atoms with van der Waals surface area (Å²) in [6.07, 6.45) is 0. The third-order valence-corrected chi connectivity index (χ3v) is 3.22. The summed E-state index contributed by atoms with van der Waals surface area (Å²) in [6.45, 7) is 2.89. The summed E-state index contributed by atoms with van der Waals surface area (Å²) >= 11 is 0. The van der Waals surface area contributed by atoms with Gasteiger partial charge < -0.3 is 14.8 Å². The van der Waals surface area contributed by atoms with Gasteiger partial charge >= 0.3 is 0 Å². The van der Waals surface area contributed by atoms with Gasteiger partial charge in [-0.3, -0.25) is 0 Å². The quantitative estimate of drug-likeness (QED) is 0.926. The fourth-order valence-electron chi connectivity index (χ4n) is 2.15. The first kappa shape index (κ1) is 12.4. The zero-order chi connectivity index (χ0) is 13.9. The standard InChI is InChI=1S/C16H14N2O2/c1-11-2-4-14(13(6-11)8-17)18-9-12-3-5-15-16(7-12)20-10-19-15/h2-7,18H,9-10H2,1H3. The van der Waals surface area contributed by atoms with Crippen LogP contribution in [0, 0.1) is 18.3 Å². The largest absolute Gasteiger partial charge is 0.454 e. The van der Waals surface area contributed by atoms with Gasteiger partial charge in [-0.1, -0.05) is 12.1 Å². The molecular formula is C16H14N2O2. The van der Waals surface area contributed by atoms with Crippen LogP contribution in [0.25, 0.3) is 0 Å². The van der Waals surface area contributed by atoms with Gasteiger partial charge in [0.15, 0.2) is 11.5 Å². The van der Waals surface area contributed by atoms with E-state index in [2.05, 4.69) is 11.4 Å². The number of nitrogens with one attached hydrogen (secondary N) is 1. The van der Waals surface area contributed by atoms with Gasteiger partial charge in [0.1, 0.15) is 6.07 Å². The molecule has 0 aromatic heterocycles. The van der Waals surface area contributed by atoms with Gasteiger partial charge in [0.2, 0.25) is 6.79 Å². The smallest absolute Gasteiger partial charge is 0.231 e. The van der Waals surface area contributed by atoms with Crippen molar-refractivity contribution in [2.45, 2.75) is 13.5 Å². The van der Waals surface area contributed by atoms with Gasteiger partial charge in [0, 0.05) is 6.54 Å². The van der Waals surface area contributed by atoms with Crippen LogP contribution in [0.5, 0.6) is 11.5 Å². The van der Waals surface area contributed by atoms with Crippen molar-refractivity contribution in [2.75, 3.05) is 12.1 Å². The Hall–Kier alpha value is -2.67. The van der Waals surface area contributed by atoms with E-state index in [0.717, 1.165) is 28.3 Å². The van der Waals surface area contributed by atoms with Crippen LogP contribution in [0.15, 0.2) is 36.4 Å². The normalized spacial score (nSPS) is 12.0. The van der Waals surface area contributed by atoms with Gasteiger partial charge in [-0.05, 0) is 42.3 Å². The minimum absolute atomic E-state index is 0.281. The number of ether oxygens (including phenoxy) is 2. The molecule has 3 rings (SSSR count). The summed E-state index contributed by atoms with van der Waals surface area (Å²) in [5, 5.41) is 12.4. The second kappa shape index (κ2) is 5.14. The summed E-state index contributed by atoms with van der Waals surface area (Å²) in [7, 11) is 0. The van der Waals surface area contributed by atoms with Crippen molar-refractivity contribution in [2.24, 2.45) is 0 Å². The number of benzene rings is 2. The van der Waals surface area contributed by atoms with Crippen LogP contribution >= 0.6 is 0 Å². The third-order valence-electron chi connectivity index (χ3n) is 3.22. The highest BCUT2D eigenvalue weighted by atomic mass is 16.7. The third kappa shape index (κ3) is 2.39. The number of fused-ring (bicyclic) bond motifs is 1. The number of nitriles is 1. The molecule has 1 heterocycles. The molecule has 4 nitrogen and oxygen atoms in total. The highest BCUT2D eigenvalue weighted by Gasteiger charge is 2.13. The lowest BCUT2D eigenvalue weighted by Gasteiger charge is -2.09. The van der Waals surface area contributed by atoms with Crippen molar-refractivity contribution in [3.8, 4) is 17.6 Å². The van der Waals surface area contributed by atoms with Crippen LogP contribution in [0.1, 0.15) is 16.7 Å². The maximum Gasteiger partial charge on any atom is 0.231 e. The number of hydrogen-bond donors (Lipinski definition) is 1. The molecule has 20 heavy (non-hydrogen) atoms. The van der Waals surface area contributed by atoms with Crippen molar-refractivity contribution < 1.29 is 9.47 Å². The van der Waals surface area contributed by atoms with E-state index < -0.39 is 0 Å². The van der Waals surface area contributed by atoms with Crippen LogP contribution in [-0.4, -0.2) is 6.79 Å². The molecule has 0 spiro atoms. The highest BCUT2D eigenvalue weighted by molar-refractivity contribution is 5.59. The van der Waals surface area contributed by atoms with Gasteiger partial charge in [-0.15, -0.1) is 0 Å². The number of anilines is 1. The Morgan fingerprint density at radius 3 is 2.85 bits per heavy atom. The first-order chi connectivity index (χ1) is 9.76. The van der Waals surface area contributed by atoms with Crippen molar-refractivity contribution in [3.63, 3.8) is 0 Å². The van der Waals surface area contributed by atoms with Gasteiger partial charge in [0.25, 0.3) is 0 Å². The minimum Gasteiger partial charge on any atom is -0.454 e. The zero-order valence-electron chi connectivity index (χ0n) is 11.1. The summed E-state index contributed by atoms with van der Waals surface area (Å²) in [5.41, 5.74) is 3.66. The van der Waals surface area contributed by atoms with E-state index in [4.69, 9.17) is 14.7 Å². The Morgan fingerprint density at radius 1 is 1.15 bits per heavy atom. The van der Waals surface area contributed by atoms with E-state index in [9.17, 15) is 0 Å². The van der Waals surface area contributed by atoms with Crippen molar-refractivity contribution in [1.82, 2.24) is 0 Å². The molecule has 4 heteroatoms. The fourth-order valence-corrected chi connectivity index (χ4v) is 2.15. The van der Waals surface area contributed by atoms with Crippen LogP contribution in [0.3, 0.4) is 0 Å². The molecule has 0 aliphatic carbocycles. The molecule has 0 unspecified atom stereocenters. The maximum atomic E-state index is 9.14. The molecule has 0 saturated heterocycles. The van der Waals surface area contributed by atoms with E-state index in [1.54, 1.807) is 0 Å².